The van der Waals surface area contributed by atoms with Gasteiger partial charge in [0.2, 0.25) is 0 Å². The lowest BCUT2D eigenvalue weighted by molar-refractivity contribution is 0.421. The smallest absolute Gasteiger partial charge is 0.123 e. The first-order valence-corrected chi connectivity index (χ1v) is 7.82. The number of fused-ring (bicyclic) bond motifs is 1. The molecule has 0 spiro atoms. The van der Waals surface area contributed by atoms with Crippen molar-refractivity contribution >= 4 is 21.6 Å². The molecular weight excluding hydrogens is 283 g/mol. The lowest BCUT2D eigenvalue weighted by atomic mass is 9.85. The van der Waals surface area contributed by atoms with Crippen LogP contribution in [0, 0.1) is 5.82 Å². The Balaban J connectivity index is 1.96. The van der Waals surface area contributed by atoms with Gasteiger partial charge in [0.1, 0.15) is 5.82 Å². The molecule has 0 bridgehead atoms. The summed E-state index contributed by atoms with van der Waals surface area (Å²) in [5.41, 5.74) is 7.77. The average Bonchev–Trinajstić information content (AvgIpc) is 2.89. The molecule has 21 heavy (non-hydrogen) atoms. The molecule has 0 radical (unpaired) electrons. The fourth-order valence-electron chi connectivity index (χ4n) is 2.49. The number of nitrogens with two attached hydrogens (primary N) is 1. The minimum absolute atomic E-state index is 0.250. The van der Waals surface area contributed by atoms with Crippen molar-refractivity contribution in [2.24, 2.45) is 5.73 Å². The molecule has 1 unspecified atom stereocenters. The van der Waals surface area contributed by atoms with Crippen molar-refractivity contribution in [3.8, 4) is 0 Å². The Bertz CT molecular complexity index is 735. The second kappa shape index (κ2) is 5.54. The third kappa shape index (κ3) is 2.82. The monoisotopic (exact) mass is 300 g/mol. The van der Waals surface area contributed by atoms with Crippen molar-refractivity contribution in [1.82, 2.24) is 4.98 Å². The van der Waals surface area contributed by atoms with Crippen LogP contribution in [0.2, 0.25) is 0 Å². The van der Waals surface area contributed by atoms with Gasteiger partial charge in [-0.3, -0.25) is 0 Å². The van der Waals surface area contributed by atoms with E-state index in [-0.39, 0.29) is 5.82 Å². The first-order valence-electron chi connectivity index (χ1n) is 7.00. The predicted octanol–water partition coefficient (Wildman–Crippen LogP) is 4.24. The van der Waals surface area contributed by atoms with Gasteiger partial charge >= 0.3 is 0 Å². The van der Waals surface area contributed by atoms with Crippen LogP contribution >= 0.6 is 11.3 Å². The average molecular weight is 300 g/mol. The third-order valence-electron chi connectivity index (χ3n) is 3.84. The van der Waals surface area contributed by atoms with E-state index in [1.807, 2.05) is 31.2 Å². The van der Waals surface area contributed by atoms with Crippen LogP contribution in [0.25, 0.3) is 10.2 Å². The van der Waals surface area contributed by atoms with Gasteiger partial charge in [-0.2, -0.15) is 0 Å². The minimum Gasteiger partial charge on any atom is -0.321 e. The zero-order chi connectivity index (χ0) is 14.9. The number of aromatic nitrogens is 1. The summed E-state index contributed by atoms with van der Waals surface area (Å²) >= 11 is 1.65. The third-order valence-corrected chi connectivity index (χ3v) is 4.87. The minimum atomic E-state index is -0.587. The number of benzene rings is 2. The molecule has 0 amide bonds. The summed E-state index contributed by atoms with van der Waals surface area (Å²) in [5.74, 6) is -0.250. The SMILES string of the molecule is CCC(N)(Cc1nc2ccccc2s1)c1cccc(F)c1. The van der Waals surface area contributed by atoms with Crippen LogP contribution in [-0.2, 0) is 12.0 Å². The molecule has 1 heterocycles. The Morgan fingerprint density at radius 1 is 1.19 bits per heavy atom. The van der Waals surface area contributed by atoms with Gasteiger partial charge in [-0.05, 0) is 36.2 Å². The molecule has 0 aliphatic carbocycles. The molecule has 2 aromatic carbocycles. The van der Waals surface area contributed by atoms with Gasteiger partial charge in [0.15, 0.2) is 0 Å². The van der Waals surface area contributed by atoms with Crippen LogP contribution < -0.4 is 5.73 Å². The van der Waals surface area contributed by atoms with Gasteiger partial charge in [0.05, 0.1) is 15.2 Å². The molecule has 0 aliphatic heterocycles. The molecule has 4 heteroatoms. The zero-order valence-corrected chi connectivity index (χ0v) is 12.7. The second-order valence-electron chi connectivity index (χ2n) is 5.27. The van der Waals surface area contributed by atoms with E-state index in [9.17, 15) is 4.39 Å². The first-order chi connectivity index (χ1) is 10.1. The van der Waals surface area contributed by atoms with Gasteiger partial charge in [-0.15, -0.1) is 11.3 Å². The van der Waals surface area contributed by atoms with E-state index in [0.29, 0.717) is 6.42 Å². The molecule has 0 aliphatic rings. The van der Waals surface area contributed by atoms with E-state index in [4.69, 9.17) is 5.73 Å². The molecule has 3 aromatic rings. The maximum Gasteiger partial charge on any atom is 0.123 e. The van der Waals surface area contributed by atoms with Crippen molar-refractivity contribution in [1.29, 1.82) is 0 Å². The number of hydrogen-bond donors (Lipinski definition) is 1. The summed E-state index contributed by atoms with van der Waals surface area (Å²) in [6.45, 7) is 2.03. The van der Waals surface area contributed by atoms with Crippen LogP contribution in [0.15, 0.2) is 48.5 Å². The largest absolute Gasteiger partial charge is 0.321 e. The topological polar surface area (TPSA) is 38.9 Å². The number of halogens is 1. The summed E-state index contributed by atoms with van der Waals surface area (Å²) in [6.07, 6.45) is 1.35. The van der Waals surface area contributed by atoms with Crippen molar-refractivity contribution in [2.75, 3.05) is 0 Å². The quantitative estimate of drug-likeness (QED) is 0.782. The predicted molar refractivity (Wildman–Crippen MR) is 85.9 cm³/mol. The highest BCUT2D eigenvalue weighted by Gasteiger charge is 2.27. The Morgan fingerprint density at radius 2 is 2.00 bits per heavy atom. The highest BCUT2D eigenvalue weighted by Crippen LogP contribution is 2.30. The van der Waals surface area contributed by atoms with E-state index in [2.05, 4.69) is 11.1 Å². The summed E-state index contributed by atoms with van der Waals surface area (Å²) < 4.78 is 14.6. The Morgan fingerprint density at radius 3 is 2.71 bits per heavy atom. The van der Waals surface area contributed by atoms with E-state index >= 15 is 0 Å². The molecule has 2 nitrogen and oxygen atoms in total. The van der Waals surface area contributed by atoms with E-state index in [1.165, 1.54) is 12.1 Å². The number of para-hydroxylation sites is 1. The fourth-order valence-corrected chi connectivity index (χ4v) is 3.59. The highest BCUT2D eigenvalue weighted by atomic mass is 32.1. The molecule has 3 rings (SSSR count). The summed E-state index contributed by atoms with van der Waals surface area (Å²) in [5, 5.41) is 0.991. The zero-order valence-electron chi connectivity index (χ0n) is 11.8. The van der Waals surface area contributed by atoms with Crippen LogP contribution in [0.3, 0.4) is 0 Å². The van der Waals surface area contributed by atoms with Crippen molar-refractivity contribution in [3.05, 3.63) is 64.9 Å². The van der Waals surface area contributed by atoms with Crippen molar-refractivity contribution in [3.63, 3.8) is 0 Å². The van der Waals surface area contributed by atoms with Gasteiger partial charge < -0.3 is 5.73 Å². The molecule has 1 aromatic heterocycles. The molecule has 0 fully saturated rings. The highest BCUT2D eigenvalue weighted by molar-refractivity contribution is 7.18. The lowest BCUT2D eigenvalue weighted by Crippen LogP contribution is -2.38. The maximum absolute atomic E-state index is 13.5. The Labute approximate surface area is 127 Å². The van der Waals surface area contributed by atoms with Crippen molar-refractivity contribution < 1.29 is 4.39 Å². The molecule has 0 saturated heterocycles. The van der Waals surface area contributed by atoms with Crippen LogP contribution in [0.5, 0.6) is 0 Å². The second-order valence-corrected chi connectivity index (χ2v) is 6.39. The summed E-state index contributed by atoms with van der Waals surface area (Å²) in [6, 6.07) is 14.6. The van der Waals surface area contributed by atoms with E-state index in [0.717, 1.165) is 27.2 Å². The van der Waals surface area contributed by atoms with E-state index < -0.39 is 5.54 Å². The van der Waals surface area contributed by atoms with Gasteiger partial charge in [0, 0.05) is 12.0 Å². The van der Waals surface area contributed by atoms with Crippen LogP contribution in [-0.4, -0.2) is 4.98 Å². The van der Waals surface area contributed by atoms with Crippen LogP contribution in [0.1, 0.15) is 23.9 Å². The Kier molecular flexibility index (Phi) is 3.74. The van der Waals surface area contributed by atoms with Gasteiger partial charge in [0.25, 0.3) is 0 Å². The van der Waals surface area contributed by atoms with Gasteiger partial charge in [-0.1, -0.05) is 31.2 Å². The molecular formula is C17H17FN2S. The van der Waals surface area contributed by atoms with Crippen LogP contribution in [0.4, 0.5) is 4.39 Å². The lowest BCUT2D eigenvalue weighted by Gasteiger charge is -2.28. The fraction of sp³-hybridized carbons (Fsp3) is 0.235. The molecule has 1 atom stereocenters. The normalized spacial score (nSPS) is 14.2. The Hall–Kier alpha value is -1.78. The molecule has 0 saturated carbocycles. The number of nitrogens with zero attached hydrogens (tertiary/aromatic N) is 1. The number of hydrogen-bond acceptors (Lipinski definition) is 3. The molecule has 108 valence electrons. The summed E-state index contributed by atoms with van der Waals surface area (Å²) in [7, 11) is 0. The summed E-state index contributed by atoms with van der Waals surface area (Å²) in [4.78, 5) is 4.64. The van der Waals surface area contributed by atoms with E-state index in [1.54, 1.807) is 17.4 Å². The molecule has 2 N–H and O–H groups in total. The first kappa shape index (κ1) is 14.2. The van der Waals surface area contributed by atoms with Crippen molar-refractivity contribution in [2.45, 2.75) is 25.3 Å². The standard InChI is InChI=1S/C17H17FN2S/c1-2-17(19,12-6-5-7-13(18)10-12)11-16-20-14-8-3-4-9-15(14)21-16/h3-10H,2,11,19H2,1H3. The number of thiazole rings is 1. The number of rotatable bonds is 4. The maximum atomic E-state index is 13.5. The van der Waals surface area contributed by atoms with Gasteiger partial charge in [-0.25, -0.2) is 9.37 Å².